The summed E-state index contributed by atoms with van der Waals surface area (Å²) in [6.45, 7) is 5.16. The molecule has 0 spiro atoms. The average Bonchev–Trinajstić information content (AvgIpc) is 2.29. The van der Waals surface area contributed by atoms with Crippen LogP contribution < -0.4 is 5.32 Å². The van der Waals surface area contributed by atoms with Crippen LogP contribution in [-0.4, -0.2) is 17.0 Å². The van der Waals surface area contributed by atoms with Crippen LogP contribution in [0, 0.1) is 0 Å². The van der Waals surface area contributed by atoms with Gasteiger partial charge in [0.1, 0.15) is 0 Å². The Hall–Kier alpha value is -1.62. The highest BCUT2D eigenvalue weighted by Gasteiger charge is 2.13. The summed E-state index contributed by atoms with van der Waals surface area (Å²) >= 11 is 3.33. The highest BCUT2D eigenvalue weighted by molar-refractivity contribution is 9.10. The van der Waals surface area contributed by atoms with E-state index >= 15 is 0 Å². The molecular formula is C13H14BrNO3. The Kier molecular flexibility index (Phi) is 5.09. The summed E-state index contributed by atoms with van der Waals surface area (Å²) < 4.78 is 0.962. The third-order valence-electron chi connectivity index (χ3n) is 2.42. The molecule has 0 aromatic heterocycles. The first-order valence-corrected chi connectivity index (χ1v) is 6.15. The van der Waals surface area contributed by atoms with Gasteiger partial charge >= 0.3 is 5.97 Å². The average molecular weight is 312 g/mol. The van der Waals surface area contributed by atoms with Crippen molar-refractivity contribution in [3.8, 4) is 0 Å². The second-order valence-corrected chi connectivity index (χ2v) is 4.84. The molecule has 0 saturated heterocycles. The van der Waals surface area contributed by atoms with Gasteiger partial charge < -0.3 is 10.4 Å². The number of benzene rings is 1. The number of aliphatic carboxylic acids is 1. The van der Waals surface area contributed by atoms with Crippen LogP contribution in [0.1, 0.15) is 24.9 Å². The maximum atomic E-state index is 11.6. The molecular weight excluding hydrogens is 298 g/mol. The van der Waals surface area contributed by atoms with Gasteiger partial charge in [0, 0.05) is 10.0 Å². The fourth-order valence-electron chi connectivity index (χ4n) is 1.40. The quantitative estimate of drug-likeness (QED) is 0.822. The van der Waals surface area contributed by atoms with Gasteiger partial charge in [0.15, 0.2) is 0 Å². The van der Waals surface area contributed by atoms with E-state index in [9.17, 15) is 9.59 Å². The predicted octanol–water partition coefficient (Wildman–Crippen LogP) is 2.66. The zero-order valence-corrected chi connectivity index (χ0v) is 11.5. The molecule has 0 bridgehead atoms. The Morgan fingerprint density at radius 3 is 2.44 bits per heavy atom. The first kappa shape index (κ1) is 14.4. The number of hydrogen-bond acceptors (Lipinski definition) is 2. The van der Waals surface area contributed by atoms with Crippen molar-refractivity contribution in [3.05, 3.63) is 46.5 Å². The third kappa shape index (κ3) is 4.33. The Morgan fingerprint density at radius 2 is 1.94 bits per heavy atom. The number of carboxylic acids is 1. The fraction of sp³-hybridized carbons (Fsp3) is 0.231. The second kappa shape index (κ2) is 6.35. The molecule has 96 valence electrons. The molecule has 1 aromatic rings. The highest BCUT2D eigenvalue weighted by atomic mass is 79.9. The van der Waals surface area contributed by atoms with Gasteiger partial charge in [-0.25, -0.2) is 4.79 Å². The van der Waals surface area contributed by atoms with Crippen LogP contribution in [0.4, 0.5) is 0 Å². The van der Waals surface area contributed by atoms with Crippen molar-refractivity contribution >= 4 is 27.8 Å². The van der Waals surface area contributed by atoms with Gasteiger partial charge in [0.25, 0.3) is 0 Å². The van der Waals surface area contributed by atoms with Gasteiger partial charge in [-0.3, -0.25) is 4.79 Å². The van der Waals surface area contributed by atoms with E-state index < -0.39 is 5.97 Å². The number of halogens is 1. The summed E-state index contributed by atoms with van der Waals surface area (Å²) in [5.74, 6) is -1.50. The van der Waals surface area contributed by atoms with Crippen LogP contribution in [0.5, 0.6) is 0 Å². The highest BCUT2D eigenvalue weighted by Crippen LogP contribution is 2.16. The second-order valence-electron chi connectivity index (χ2n) is 3.93. The monoisotopic (exact) mass is 311 g/mol. The predicted molar refractivity (Wildman–Crippen MR) is 72.1 cm³/mol. The van der Waals surface area contributed by atoms with Crippen LogP contribution >= 0.6 is 15.9 Å². The molecule has 0 radical (unpaired) electrons. The van der Waals surface area contributed by atoms with E-state index in [1.807, 2.05) is 31.2 Å². The molecule has 4 nitrogen and oxygen atoms in total. The van der Waals surface area contributed by atoms with E-state index in [1.54, 1.807) is 0 Å². The number of carbonyl (C=O) groups is 2. The van der Waals surface area contributed by atoms with Gasteiger partial charge in [-0.2, -0.15) is 0 Å². The number of carbonyl (C=O) groups excluding carboxylic acids is 1. The van der Waals surface area contributed by atoms with Crippen molar-refractivity contribution in [2.24, 2.45) is 0 Å². The largest absolute Gasteiger partial charge is 0.478 e. The molecule has 18 heavy (non-hydrogen) atoms. The molecule has 1 atom stereocenters. The smallest absolute Gasteiger partial charge is 0.331 e. The van der Waals surface area contributed by atoms with E-state index in [2.05, 4.69) is 27.8 Å². The van der Waals surface area contributed by atoms with Gasteiger partial charge in [0.05, 0.1) is 12.5 Å². The molecule has 0 aliphatic rings. The van der Waals surface area contributed by atoms with Gasteiger partial charge in [0.2, 0.25) is 5.91 Å². The van der Waals surface area contributed by atoms with E-state index in [0.717, 1.165) is 10.0 Å². The SMILES string of the molecule is C=C(CC(=O)NC(C)c1ccc(Br)cc1)C(=O)O. The number of carboxylic acid groups (broad SMARTS) is 1. The minimum atomic E-state index is -1.15. The van der Waals surface area contributed by atoms with Crippen LogP contribution in [0.15, 0.2) is 40.9 Å². The summed E-state index contributed by atoms with van der Waals surface area (Å²) in [4.78, 5) is 22.1. The van der Waals surface area contributed by atoms with Crippen molar-refractivity contribution in [1.29, 1.82) is 0 Å². The van der Waals surface area contributed by atoms with Crippen LogP contribution in [0.25, 0.3) is 0 Å². The molecule has 0 heterocycles. The fourth-order valence-corrected chi connectivity index (χ4v) is 1.66. The lowest BCUT2D eigenvalue weighted by Gasteiger charge is -2.14. The van der Waals surface area contributed by atoms with Crippen LogP contribution in [0.2, 0.25) is 0 Å². The molecule has 1 unspecified atom stereocenters. The molecule has 5 heteroatoms. The van der Waals surface area contributed by atoms with E-state index in [-0.39, 0.29) is 23.9 Å². The lowest BCUT2D eigenvalue weighted by atomic mass is 10.1. The van der Waals surface area contributed by atoms with E-state index in [1.165, 1.54) is 0 Å². The standard InChI is InChI=1S/C13H14BrNO3/c1-8(13(17)18)7-12(16)15-9(2)10-3-5-11(14)6-4-10/h3-6,9H,1,7H2,2H3,(H,15,16)(H,17,18). The Bertz CT molecular complexity index is 468. The summed E-state index contributed by atoms with van der Waals surface area (Å²) in [6.07, 6.45) is -0.198. The van der Waals surface area contributed by atoms with Crippen molar-refractivity contribution in [1.82, 2.24) is 5.32 Å². The van der Waals surface area contributed by atoms with Crippen molar-refractivity contribution < 1.29 is 14.7 Å². The normalized spacial score (nSPS) is 11.7. The summed E-state index contributed by atoms with van der Waals surface area (Å²) in [5, 5.41) is 11.4. The zero-order chi connectivity index (χ0) is 13.7. The van der Waals surface area contributed by atoms with Crippen molar-refractivity contribution in [2.45, 2.75) is 19.4 Å². The van der Waals surface area contributed by atoms with Gasteiger partial charge in [-0.05, 0) is 24.6 Å². The molecule has 1 rings (SSSR count). The first-order valence-electron chi connectivity index (χ1n) is 5.36. The minimum absolute atomic E-state index is 0.115. The molecule has 0 saturated carbocycles. The molecule has 1 aromatic carbocycles. The topological polar surface area (TPSA) is 66.4 Å². The zero-order valence-electron chi connectivity index (χ0n) is 9.94. The number of rotatable bonds is 5. The van der Waals surface area contributed by atoms with E-state index in [0.29, 0.717) is 0 Å². The molecule has 0 aliphatic carbocycles. The number of nitrogens with one attached hydrogen (secondary N) is 1. The van der Waals surface area contributed by atoms with Gasteiger partial charge in [-0.15, -0.1) is 0 Å². The van der Waals surface area contributed by atoms with Crippen molar-refractivity contribution in [2.75, 3.05) is 0 Å². The Morgan fingerprint density at radius 1 is 1.39 bits per heavy atom. The third-order valence-corrected chi connectivity index (χ3v) is 2.95. The Balaban J connectivity index is 2.57. The minimum Gasteiger partial charge on any atom is -0.478 e. The summed E-state index contributed by atoms with van der Waals surface area (Å²) in [5.41, 5.74) is 0.836. The number of amides is 1. The maximum absolute atomic E-state index is 11.6. The number of hydrogen-bond donors (Lipinski definition) is 2. The summed E-state index contributed by atoms with van der Waals surface area (Å²) in [6, 6.07) is 7.37. The van der Waals surface area contributed by atoms with Crippen molar-refractivity contribution in [3.63, 3.8) is 0 Å². The van der Waals surface area contributed by atoms with Crippen LogP contribution in [-0.2, 0) is 9.59 Å². The molecule has 0 aliphatic heterocycles. The lowest BCUT2D eigenvalue weighted by molar-refractivity contribution is -0.134. The van der Waals surface area contributed by atoms with Crippen LogP contribution in [0.3, 0.4) is 0 Å². The van der Waals surface area contributed by atoms with E-state index in [4.69, 9.17) is 5.11 Å². The molecule has 2 N–H and O–H groups in total. The maximum Gasteiger partial charge on any atom is 0.331 e. The molecule has 0 fully saturated rings. The molecule has 1 amide bonds. The first-order chi connectivity index (χ1) is 8.40. The lowest BCUT2D eigenvalue weighted by Crippen LogP contribution is -2.27. The van der Waals surface area contributed by atoms with Gasteiger partial charge in [-0.1, -0.05) is 34.6 Å². The Labute approximate surface area is 114 Å². The summed E-state index contributed by atoms with van der Waals surface area (Å²) in [7, 11) is 0.